The number of anilines is 1. The van der Waals surface area contributed by atoms with E-state index in [0.29, 0.717) is 6.04 Å². The monoisotopic (exact) mass is 295 g/mol. The second kappa shape index (κ2) is 7.99. The van der Waals surface area contributed by atoms with Crippen molar-refractivity contribution in [2.75, 3.05) is 24.5 Å². The van der Waals surface area contributed by atoms with Gasteiger partial charge in [-0.3, -0.25) is 0 Å². The van der Waals surface area contributed by atoms with E-state index in [1.165, 1.54) is 56.0 Å². The Morgan fingerprint density at radius 1 is 1.40 bits per heavy atom. The summed E-state index contributed by atoms with van der Waals surface area (Å²) in [6.45, 7) is 10.2. The van der Waals surface area contributed by atoms with E-state index in [0.717, 1.165) is 12.5 Å². The summed E-state index contributed by atoms with van der Waals surface area (Å²) in [7, 11) is 0. The van der Waals surface area contributed by atoms with Crippen LogP contribution in [0, 0.1) is 5.92 Å². The summed E-state index contributed by atoms with van der Waals surface area (Å²) in [5, 5.41) is 6.97. The standard InChI is InChI=1S/C16H29N3S/c1-4-9-17-13(3)15-12-20-16(18-15)19-10-6-7-14(5-2)8-11-19/h12-14,17H,4-11H2,1-3H3. The fourth-order valence-electron chi connectivity index (χ4n) is 2.85. The molecule has 1 aromatic heterocycles. The minimum Gasteiger partial charge on any atom is -0.348 e. The highest BCUT2D eigenvalue weighted by Gasteiger charge is 2.19. The van der Waals surface area contributed by atoms with Gasteiger partial charge in [0.2, 0.25) is 0 Å². The van der Waals surface area contributed by atoms with E-state index in [1.807, 2.05) is 11.3 Å². The summed E-state index contributed by atoms with van der Waals surface area (Å²) in [5.41, 5.74) is 1.20. The zero-order valence-corrected chi connectivity index (χ0v) is 14.0. The Hall–Kier alpha value is -0.610. The molecule has 0 aliphatic carbocycles. The lowest BCUT2D eigenvalue weighted by Gasteiger charge is -2.19. The third-order valence-electron chi connectivity index (χ3n) is 4.35. The number of rotatable bonds is 6. The Morgan fingerprint density at radius 3 is 3.00 bits per heavy atom. The first kappa shape index (κ1) is 15.8. The van der Waals surface area contributed by atoms with Gasteiger partial charge in [-0.2, -0.15) is 0 Å². The number of hydrogen-bond donors (Lipinski definition) is 1. The molecule has 2 unspecified atom stereocenters. The van der Waals surface area contributed by atoms with Gasteiger partial charge in [-0.25, -0.2) is 4.98 Å². The van der Waals surface area contributed by atoms with Crippen molar-refractivity contribution in [2.45, 2.75) is 58.9 Å². The molecule has 1 aromatic rings. The maximum Gasteiger partial charge on any atom is 0.185 e. The fourth-order valence-corrected chi connectivity index (χ4v) is 3.82. The highest BCUT2D eigenvalue weighted by atomic mass is 32.1. The SMILES string of the molecule is CCCNC(C)c1csc(N2CCCC(CC)CC2)n1. The van der Waals surface area contributed by atoms with Crippen LogP contribution in [0.2, 0.25) is 0 Å². The zero-order chi connectivity index (χ0) is 14.4. The average molecular weight is 295 g/mol. The van der Waals surface area contributed by atoms with Gasteiger partial charge in [-0.1, -0.05) is 20.3 Å². The Labute approximate surface area is 127 Å². The second-order valence-electron chi connectivity index (χ2n) is 5.92. The van der Waals surface area contributed by atoms with Crippen molar-refractivity contribution in [1.82, 2.24) is 10.3 Å². The molecule has 1 N–H and O–H groups in total. The van der Waals surface area contributed by atoms with Gasteiger partial charge in [0.25, 0.3) is 0 Å². The van der Waals surface area contributed by atoms with Crippen LogP contribution in [0.25, 0.3) is 0 Å². The topological polar surface area (TPSA) is 28.2 Å². The van der Waals surface area contributed by atoms with Gasteiger partial charge in [-0.05, 0) is 45.1 Å². The highest BCUT2D eigenvalue weighted by molar-refractivity contribution is 7.13. The number of nitrogens with zero attached hydrogens (tertiary/aromatic N) is 2. The summed E-state index contributed by atoms with van der Waals surface area (Å²) in [5.74, 6) is 0.921. The number of nitrogens with one attached hydrogen (secondary N) is 1. The van der Waals surface area contributed by atoms with Crippen LogP contribution < -0.4 is 10.2 Å². The third kappa shape index (κ3) is 4.19. The molecule has 1 aliphatic rings. The lowest BCUT2D eigenvalue weighted by Crippen LogP contribution is -2.24. The van der Waals surface area contributed by atoms with E-state index in [2.05, 4.69) is 36.4 Å². The Balaban J connectivity index is 1.94. The van der Waals surface area contributed by atoms with Crippen LogP contribution in [0.5, 0.6) is 0 Å². The molecule has 0 radical (unpaired) electrons. The molecule has 2 heterocycles. The molecule has 2 rings (SSSR count). The van der Waals surface area contributed by atoms with E-state index in [9.17, 15) is 0 Å². The number of aromatic nitrogens is 1. The van der Waals surface area contributed by atoms with E-state index >= 15 is 0 Å². The normalized spacial score (nSPS) is 21.8. The molecule has 0 aromatic carbocycles. The van der Waals surface area contributed by atoms with Crippen molar-refractivity contribution in [3.05, 3.63) is 11.1 Å². The molecule has 0 bridgehead atoms. The smallest absolute Gasteiger partial charge is 0.185 e. The van der Waals surface area contributed by atoms with E-state index in [4.69, 9.17) is 4.98 Å². The van der Waals surface area contributed by atoms with Crippen LogP contribution in [0.4, 0.5) is 5.13 Å². The molecule has 1 saturated heterocycles. The highest BCUT2D eigenvalue weighted by Crippen LogP contribution is 2.28. The molecule has 114 valence electrons. The van der Waals surface area contributed by atoms with Gasteiger partial charge < -0.3 is 10.2 Å². The second-order valence-corrected chi connectivity index (χ2v) is 6.76. The first-order chi connectivity index (χ1) is 9.74. The Kier molecular flexibility index (Phi) is 6.30. The quantitative estimate of drug-likeness (QED) is 0.851. The van der Waals surface area contributed by atoms with Gasteiger partial charge in [0.05, 0.1) is 5.69 Å². The van der Waals surface area contributed by atoms with E-state index in [1.54, 1.807) is 0 Å². The maximum atomic E-state index is 4.86. The van der Waals surface area contributed by atoms with Crippen LogP contribution in [0.15, 0.2) is 5.38 Å². The van der Waals surface area contributed by atoms with Crippen LogP contribution >= 0.6 is 11.3 Å². The van der Waals surface area contributed by atoms with Gasteiger partial charge in [0, 0.05) is 24.5 Å². The maximum absolute atomic E-state index is 4.86. The molecule has 4 heteroatoms. The molecule has 0 amide bonds. The van der Waals surface area contributed by atoms with E-state index < -0.39 is 0 Å². The van der Waals surface area contributed by atoms with Crippen molar-refractivity contribution in [3.63, 3.8) is 0 Å². The van der Waals surface area contributed by atoms with Crippen LogP contribution in [-0.4, -0.2) is 24.6 Å². The molecule has 0 saturated carbocycles. The zero-order valence-electron chi connectivity index (χ0n) is 13.2. The minimum absolute atomic E-state index is 0.371. The van der Waals surface area contributed by atoms with Crippen molar-refractivity contribution >= 4 is 16.5 Å². The predicted molar refractivity (Wildman–Crippen MR) is 88.7 cm³/mol. The molecule has 1 aliphatic heterocycles. The van der Waals surface area contributed by atoms with E-state index in [-0.39, 0.29) is 0 Å². The molecule has 3 nitrogen and oxygen atoms in total. The summed E-state index contributed by atoms with van der Waals surface area (Å²) in [6, 6.07) is 0.371. The van der Waals surface area contributed by atoms with Crippen LogP contribution in [0.1, 0.15) is 64.6 Å². The third-order valence-corrected chi connectivity index (χ3v) is 5.27. The van der Waals surface area contributed by atoms with Gasteiger partial charge in [-0.15, -0.1) is 11.3 Å². The van der Waals surface area contributed by atoms with Crippen molar-refractivity contribution < 1.29 is 0 Å². The molecule has 2 atom stereocenters. The lowest BCUT2D eigenvalue weighted by molar-refractivity contribution is 0.459. The number of hydrogen-bond acceptors (Lipinski definition) is 4. The summed E-state index contributed by atoms with van der Waals surface area (Å²) >= 11 is 1.81. The molecule has 20 heavy (non-hydrogen) atoms. The Morgan fingerprint density at radius 2 is 2.25 bits per heavy atom. The molecule has 0 spiro atoms. The minimum atomic E-state index is 0.371. The largest absolute Gasteiger partial charge is 0.348 e. The Bertz CT molecular complexity index is 391. The number of thiazole rings is 1. The summed E-state index contributed by atoms with van der Waals surface area (Å²) in [6.07, 6.45) is 6.53. The van der Waals surface area contributed by atoms with Crippen molar-refractivity contribution in [2.24, 2.45) is 5.92 Å². The molecule has 1 fully saturated rings. The molecular formula is C16H29N3S. The first-order valence-corrected chi connectivity index (χ1v) is 9.06. The predicted octanol–water partition coefficient (Wildman–Crippen LogP) is 4.22. The molecular weight excluding hydrogens is 266 g/mol. The van der Waals surface area contributed by atoms with Gasteiger partial charge >= 0.3 is 0 Å². The summed E-state index contributed by atoms with van der Waals surface area (Å²) in [4.78, 5) is 7.36. The lowest BCUT2D eigenvalue weighted by atomic mass is 9.98. The van der Waals surface area contributed by atoms with Crippen molar-refractivity contribution in [1.29, 1.82) is 0 Å². The fraction of sp³-hybridized carbons (Fsp3) is 0.812. The van der Waals surface area contributed by atoms with Crippen LogP contribution in [0.3, 0.4) is 0 Å². The van der Waals surface area contributed by atoms with Crippen molar-refractivity contribution in [3.8, 4) is 0 Å². The first-order valence-electron chi connectivity index (χ1n) is 8.18. The van der Waals surface area contributed by atoms with Gasteiger partial charge in [0.1, 0.15) is 0 Å². The van der Waals surface area contributed by atoms with Crippen LogP contribution in [-0.2, 0) is 0 Å². The van der Waals surface area contributed by atoms with Gasteiger partial charge in [0.15, 0.2) is 5.13 Å². The summed E-state index contributed by atoms with van der Waals surface area (Å²) < 4.78 is 0. The average Bonchev–Trinajstić information content (AvgIpc) is 2.83.